The monoisotopic (exact) mass is 435 g/mol. The van der Waals surface area contributed by atoms with Gasteiger partial charge in [0.05, 0.1) is 25.5 Å². The Kier molecular flexibility index (Phi) is 5.64. The fraction of sp³-hybridized carbons (Fsp3) is 0.440. The van der Waals surface area contributed by atoms with Gasteiger partial charge in [-0.25, -0.2) is 4.79 Å². The number of anilines is 1. The first kappa shape index (κ1) is 20.7. The Bertz CT molecular complexity index is 1000. The summed E-state index contributed by atoms with van der Waals surface area (Å²) in [5.41, 5.74) is 2.18. The van der Waals surface area contributed by atoms with Gasteiger partial charge in [-0.3, -0.25) is 0 Å². The van der Waals surface area contributed by atoms with E-state index in [4.69, 9.17) is 14.3 Å². The van der Waals surface area contributed by atoms with Crippen molar-refractivity contribution in [2.24, 2.45) is 5.16 Å². The quantitative estimate of drug-likeness (QED) is 0.731. The van der Waals surface area contributed by atoms with Crippen LogP contribution in [0.2, 0.25) is 0 Å². The Labute approximate surface area is 188 Å². The number of methoxy groups -OCH3 is 1. The van der Waals surface area contributed by atoms with Crippen molar-refractivity contribution >= 4 is 17.4 Å². The van der Waals surface area contributed by atoms with Crippen LogP contribution in [0.3, 0.4) is 0 Å². The lowest BCUT2D eigenvalue weighted by Crippen LogP contribution is -2.38. The van der Waals surface area contributed by atoms with Gasteiger partial charge in [0, 0.05) is 30.6 Å². The first-order valence-corrected chi connectivity index (χ1v) is 11.4. The average molecular weight is 436 g/mol. The third kappa shape index (κ3) is 4.24. The van der Waals surface area contributed by atoms with Crippen LogP contribution in [-0.2, 0) is 4.84 Å². The fourth-order valence-electron chi connectivity index (χ4n) is 4.77. The maximum Gasteiger partial charge on any atom is 0.321 e. The van der Waals surface area contributed by atoms with E-state index in [1.165, 1.54) is 12.8 Å². The summed E-state index contributed by atoms with van der Waals surface area (Å²) in [7, 11) is 1.66. The molecule has 1 saturated carbocycles. The predicted octanol–water partition coefficient (Wildman–Crippen LogP) is 4.82. The van der Waals surface area contributed by atoms with Gasteiger partial charge in [-0.2, -0.15) is 0 Å². The smallest absolute Gasteiger partial charge is 0.321 e. The molecule has 1 aliphatic carbocycles. The van der Waals surface area contributed by atoms with Crippen molar-refractivity contribution in [3.8, 4) is 11.5 Å². The van der Waals surface area contributed by atoms with E-state index in [1.54, 1.807) is 12.0 Å². The van der Waals surface area contributed by atoms with Crippen molar-refractivity contribution in [1.82, 2.24) is 4.90 Å². The number of urea groups is 1. The number of hydrogen-bond donors (Lipinski definition) is 1. The van der Waals surface area contributed by atoms with E-state index in [-0.39, 0.29) is 12.1 Å². The molecule has 3 aliphatic rings. The number of ether oxygens (including phenoxy) is 2. The minimum Gasteiger partial charge on any atom is -0.493 e. The highest BCUT2D eigenvalue weighted by molar-refractivity contribution is 6.02. The van der Waals surface area contributed by atoms with E-state index in [1.807, 2.05) is 48.5 Å². The second kappa shape index (κ2) is 8.73. The van der Waals surface area contributed by atoms with Crippen LogP contribution >= 0.6 is 0 Å². The molecule has 2 aromatic rings. The van der Waals surface area contributed by atoms with Crippen LogP contribution in [0.4, 0.5) is 10.5 Å². The lowest BCUT2D eigenvalue weighted by Gasteiger charge is -2.22. The molecule has 1 atom stereocenters. The zero-order valence-corrected chi connectivity index (χ0v) is 18.4. The predicted molar refractivity (Wildman–Crippen MR) is 122 cm³/mol. The van der Waals surface area contributed by atoms with Crippen molar-refractivity contribution in [2.75, 3.05) is 25.5 Å². The Morgan fingerprint density at radius 1 is 1.16 bits per heavy atom. The highest BCUT2D eigenvalue weighted by Crippen LogP contribution is 2.38. The number of rotatable bonds is 5. The molecule has 168 valence electrons. The molecule has 0 bridgehead atoms. The molecule has 7 nitrogen and oxygen atoms in total. The van der Waals surface area contributed by atoms with Crippen molar-refractivity contribution in [3.05, 3.63) is 54.1 Å². The average Bonchev–Trinajstić information content (AvgIpc) is 3.57. The maximum absolute atomic E-state index is 12.7. The summed E-state index contributed by atoms with van der Waals surface area (Å²) in [5.74, 6) is 1.50. The molecular formula is C25H29N3O4. The second-order valence-electron chi connectivity index (χ2n) is 8.85. The summed E-state index contributed by atoms with van der Waals surface area (Å²) in [6.07, 6.45) is 6.26. The summed E-state index contributed by atoms with van der Waals surface area (Å²) in [5, 5.41) is 7.36. The molecule has 0 aromatic heterocycles. The molecular weight excluding hydrogens is 406 g/mol. The van der Waals surface area contributed by atoms with Crippen LogP contribution < -0.4 is 14.8 Å². The van der Waals surface area contributed by atoms with Crippen molar-refractivity contribution in [1.29, 1.82) is 0 Å². The van der Waals surface area contributed by atoms with E-state index < -0.39 is 5.60 Å². The number of likely N-dealkylation sites (tertiary alicyclic amines) is 1. The lowest BCUT2D eigenvalue weighted by atomic mass is 9.93. The maximum atomic E-state index is 12.7. The van der Waals surface area contributed by atoms with Crippen molar-refractivity contribution < 1.29 is 19.1 Å². The van der Waals surface area contributed by atoms with Crippen LogP contribution in [0, 0.1) is 0 Å². The van der Waals surface area contributed by atoms with Gasteiger partial charge in [0.25, 0.3) is 0 Å². The van der Waals surface area contributed by atoms with Crippen LogP contribution in [0.25, 0.3) is 0 Å². The van der Waals surface area contributed by atoms with Crippen LogP contribution in [-0.4, -0.2) is 48.5 Å². The highest BCUT2D eigenvalue weighted by atomic mass is 16.7. The molecule has 2 amide bonds. The zero-order chi connectivity index (χ0) is 22.0. The Hall–Kier alpha value is -3.22. The van der Waals surface area contributed by atoms with E-state index in [9.17, 15) is 4.79 Å². The summed E-state index contributed by atoms with van der Waals surface area (Å²) >= 11 is 0. The van der Waals surface area contributed by atoms with Gasteiger partial charge in [0.15, 0.2) is 17.1 Å². The minimum absolute atomic E-state index is 0.109. The zero-order valence-electron chi connectivity index (χ0n) is 18.4. The third-order valence-corrected chi connectivity index (χ3v) is 6.56. The molecule has 2 aliphatic heterocycles. The van der Waals surface area contributed by atoms with E-state index >= 15 is 0 Å². The summed E-state index contributed by atoms with van der Waals surface area (Å²) < 4.78 is 11.7. The van der Waals surface area contributed by atoms with Crippen molar-refractivity contribution in [3.63, 3.8) is 0 Å². The standard InChI is InChI=1S/C25H29N3O4/c1-30-22-12-11-18(15-23(22)31-20-9-5-6-10-20)21-16-25(32-27-21)13-14-28(17-25)24(29)26-19-7-3-2-4-8-19/h2-4,7-8,11-12,15,20H,5-6,9-10,13-14,16-17H2,1H3,(H,26,29). The van der Waals surface area contributed by atoms with E-state index in [0.29, 0.717) is 19.5 Å². The SMILES string of the molecule is COc1ccc(C2=NOC3(CCN(C(=O)Nc4ccccc4)C3)C2)cc1OC1CCCC1. The van der Waals surface area contributed by atoms with E-state index in [0.717, 1.165) is 47.7 Å². The first-order valence-electron chi connectivity index (χ1n) is 11.4. The Morgan fingerprint density at radius 2 is 1.97 bits per heavy atom. The molecule has 32 heavy (non-hydrogen) atoms. The number of nitrogens with one attached hydrogen (secondary N) is 1. The molecule has 2 fully saturated rings. The molecule has 2 heterocycles. The largest absolute Gasteiger partial charge is 0.493 e. The van der Waals surface area contributed by atoms with Crippen LogP contribution in [0.5, 0.6) is 11.5 Å². The van der Waals surface area contributed by atoms with Crippen LogP contribution in [0.1, 0.15) is 44.1 Å². The van der Waals surface area contributed by atoms with Gasteiger partial charge in [0.1, 0.15) is 0 Å². The number of benzene rings is 2. The molecule has 0 radical (unpaired) electrons. The topological polar surface area (TPSA) is 72.4 Å². The van der Waals surface area contributed by atoms with E-state index in [2.05, 4.69) is 10.5 Å². The number of amides is 2. The number of carbonyl (C=O) groups excluding carboxylic acids is 1. The highest BCUT2D eigenvalue weighted by Gasteiger charge is 2.47. The number of oxime groups is 1. The van der Waals surface area contributed by atoms with Gasteiger partial charge in [-0.05, 0) is 56.0 Å². The fourth-order valence-corrected chi connectivity index (χ4v) is 4.77. The Balaban J connectivity index is 1.24. The van der Waals surface area contributed by atoms with Crippen molar-refractivity contribution in [2.45, 2.75) is 50.2 Å². The van der Waals surface area contributed by atoms with Gasteiger partial charge in [0.2, 0.25) is 0 Å². The van der Waals surface area contributed by atoms with Gasteiger partial charge < -0.3 is 24.5 Å². The minimum atomic E-state index is -0.463. The van der Waals surface area contributed by atoms with Gasteiger partial charge in [-0.15, -0.1) is 0 Å². The summed E-state index contributed by atoms with van der Waals surface area (Å²) in [6, 6.07) is 15.3. The number of hydrogen-bond acceptors (Lipinski definition) is 5. The summed E-state index contributed by atoms with van der Waals surface area (Å²) in [4.78, 5) is 20.4. The number of nitrogens with zero attached hydrogens (tertiary/aromatic N) is 2. The molecule has 1 saturated heterocycles. The number of carbonyl (C=O) groups is 1. The molecule has 1 spiro atoms. The molecule has 5 rings (SSSR count). The number of para-hydroxylation sites is 1. The first-order chi connectivity index (χ1) is 15.6. The molecule has 1 N–H and O–H groups in total. The Morgan fingerprint density at radius 3 is 2.75 bits per heavy atom. The lowest BCUT2D eigenvalue weighted by molar-refractivity contribution is -0.00732. The molecule has 1 unspecified atom stereocenters. The van der Waals surface area contributed by atoms with Crippen LogP contribution in [0.15, 0.2) is 53.7 Å². The van der Waals surface area contributed by atoms with Gasteiger partial charge >= 0.3 is 6.03 Å². The van der Waals surface area contributed by atoms with Gasteiger partial charge in [-0.1, -0.05) is 23.4 Å². The normalized spacial score (nSPS) is 22.7. The second-order valence-corrected chi connectivity index (χ2v) is 8.85. The summed E-state index contributed by atoms with van der Waals surface area (Å²) in [6.45, 7) is 1.15. The molecule has 2 aromatic carbocycles. The molecule has 7 heteroatoms. The third-order valence-electron chi connectivity index (χ3n) is 6.56.